The molecule has 5 nitrogen and oxygen atoms in total. The van der Waals surface area contributed by atoms with Crippen LogP contribution in [0, 0.1) is 0 Å². The molecule has 0 unspecified atom stereocenters. The molecule has 2 aliphatic heterocycles. The average molecular weight is 295 g/mol. The van der Waals surface area contributed by atoms with E-state index in [4.69, 9.17) is 0 Å². The molecule has 0 spiro atoms. The van der Waals surface area contributed by atoms with Crippen molar-refractivity contribution in [2.24, 2.45) is 0 Å². The largest absolute Gasteiger partial charge is 0.313 e. The minimum Gasteiger partial charge on any atom is -0.313 e. The second kappa shape index (κ2) is 5.44. The number of likely N-dealkylation sites (N-methyl/N-ethyl adjacent to an activating group) is 1. The van der Waals surface area contributed by atoms with Gasteiger partial charge < -0.3 is 5.32 Å². The molecule has 0 saturated carbocycles. The highest BCUT2D eigenvalue weighted by atomic mass is 32.2. The molecule has 2 aliphatic rings. The lowest BCUT2D eigenvalue weighted by atomic mass is 10.0. The number of nitrogens with zero attached hydrogens (tertiary/aromatic N) is 2. The Morgan fingerprint density at radius 3 is 2.60 bits per heavy atom. The minimum absolute atomic E-state index is 0.113. The fraction of sp³-hybridized carbons (Fsp3) is 0.571. The normalized spacial score (nSPS) is 20.7. The minimum atomic E-state index is -3.35. The van der Waals surface area contributed by atoms with Crippen molar-refractivity contribution in [3.05, 3.63) is 35.4 Å². The Morgan fingerprint density at radius 2 is 2.00 bits per heavy atom. The van der Waals surface area contributed by atoms with Crippen molar-refractivity contribution in [2.45, 2.75) is 25.9 Å². The molecular weight excluding hydrogens is 274 g/mol. The Labute approximate surface area is 120 Å². The molecule has 0 aliphatic carbocycles. The van der Waals surface area contributed by atoms with E-state index in [0.29, 0.717) is 19.6 Å². The number of hydrogen-bond acceptors (Lipinski definition) is 3. The summed E-state index contributed by atoms with van der Waals surface area (Å²) in [4.78, 5) is 0. The van der Waals surface area contributed by atoms with Crippen LogP contribution in [0.15, 0.2) is 24.3 Å². The van der Waals surface area contributed by atoms with Gasteiger partial charge in [-0.15, -0.1) is 0 Å². The lowest BCUT2D eigenvalue weighted by Crippen LogP contribution is -2.61. The standard InChI is InChI=1S/C14H21N3O2S/c1-2-17(14-9-15-10-14)20(18,19)16-8-7-12-5-3-4-6-13(12)11-16/h3-6,14-15H,2,7-11H2,1H3. The summed E-state index contributed by atoms with van der Waals surface area (Å²) >= 11 is 0. The number of rotatable bonds is 4. The zero-order valence-corrected chi connectivity index (χ0v) is 12.6. The summed E-state index contributed by atoms with van der Waals surface area (Å²) in [7, 11) is -3.35. The van der Waals surface area contributed by atoms with Crippen molar-refractivity contribution in [2.75, 3.05) is 26.2 Å². The first kappa shape index (κ1) is 14.0. The Kier molecular flexibility index (Phi) is 3.81. The Hall–Kier alpha value is -0.950. The van der Waals surface area contributed by atoms with Crippen molar-refractivity contribution in [3.8, 4) is 0 Å². The van der Waals surface area contributed by atoms with E-state index in [1.165, 1.54) is 5.56 Å². The maximum Gasteiger partial charge on any atom is 0.282 e. The molecule has 1 fully saturated rings. The monoisotopic (exact) mass is 295 g/mol. The number of fused-ring (bicyclic) bond motifs is 1. The third-order valence-electron chi connectivity index (χ3n) is 4.20. The van der Waals surface area contributed by atoms with Gasteiger partial charge in [-0.05, 0) is 17.5 Å². The Bertz CT molecular complexity index is 584. The number of nitrogens with one attached hydrogen (secondary N) is 1. The van der Waals surface area contributed by atoms with Crippen LogP contribution in [-0.4, -0.2) is 49.2 Å². The molecule has 110 valence electrons. The summed E-state index contributed by atoms with van der Waals surface area (Å²) in [5.74, 6) is 0. The molecule has 0 aromatic heterocycles. The van der Waals surface area contributed by atoms with Crippen LogP contribution in [0.25, 0.3) is 0 Å². The fourth-order valence-corrected chi connectivity index (χ4v) is 4.67. The molecule has 20 heavy (non-hydrogen) atoms. The SMILES string of the molecule is CCN(C1CNC1)S(=O)(=O)N1CCc2ccccc2C1. The molecule has 1 saturated heterocycles. The third kappa shape index (κ3) is 2.37. The van der Waals surface area contributed by atoms with Crippen LogP contribution in [0.4, 0.5) is 0 Å². The Balaban J connectivity index is 1.82. The highest BCUT2D eigenvalue weighted by Gasteiger charge is 2.37. The summed E-state index contributed by atoms with van der Waals surface area (Å²) in [6.07, 6.45) is 0.801. The maximum atomic E-state index is 12.8. The molecule has 0 bridgehead atoms. The van der Waals surface area contributed by atoms with Gasteiger partial charge in [-0.2, -0.15) is 17.0 Å². The van der Waals surface area contributed by atoms with E-state index < -0.39 is 10.2 Å². The lowest BCUT2D eigenvalue weighted by molar-refractivity contribution is 0.227. The predicted octanol–water partition coefficient (Wildman–Crippen LogP) is 0.583. The van der Waals surface area contributed by atoms with Crippen molar-refractivity contribution in [3.63, 3.8) is 0 Å². The van der Waals surface area contributed by atoms with Crippen LogP contribution in [0.3, 0.4) is 0 Å². The summed E-state index contributed by atoms with van der Waals surface area (Å²) in [5.41, 5.74) is 2.40. The van der Waals surface area contributed by atoms with Gasteiger partial charge in [0.1, 0.15) is 0 Å². The molecule has 6 heteroatoms. The van der Waals surface area contributed by atoms with Gasteiger partial charge in [-0.25, -0.2) is 0 Å². The molecule has 1 N–H and O–H groups in total. The molecule has 0 radical (unpaired) electrons. The zero-order valence-electron chi connectivity index (χ0n) is 11.7. The fourth-order valence-electron chi connectivity index (χ4n) is 2.90. The maximum absolute atomic E-state index is 12.8. The van der Waals surface area contributed by atoms with Gasteiger partial charge >= 0.3 is 0 Å². The molecule has 1 aromatic rings. The molecule has 2 heterocycles. The van der Waals surface area contributed by atoms with Crippen LogP contribution in [0.1, 0.15) is 18.1 Å². The smallest absolute Gasteiger partial charge is 0.282 e. The van der Waals surface area contributed by atoms with E-state index in [1.807, 2.05) is 25.1 Å². The second-order valence-electron chi connectivity index (χ2n) is 5.38. The first-order valence-corrected chi connectivity index (χ1v) is 8.57. The molecule has 0 atom stereocenters. The van der Waals surface area contributed by atoms with Crippen molar-refractivity contribution < 1.29 is 8.42 Å². The average Bonchev–Trinajstić information content (AvgIpc) is 2.41. The van der Waals surface area contributed by atoms with Gasteiger partial charge in [-0.1, -0.05) is 31.2 Å². The van der Waals surface area contributed by atoms with E-state index in [0.717, 1.165) is 25.1 Å². The zero-order chi connectivity index (χ0) is 14.2. The topological polar surface area (TPSA) is 52.7 Å². The van der Waals surface area contributed by atoms with E-state index in [-0.39, 0.29) is 6.04 Å². The number of benzene rings is 1. The molecule has 3 rings (SSSR count). The van der Waals surface area contributed by atoms with Gasteiger partial charge in [0.2, 0.25) is 0 Å². The van der Waals surface area contributed by atoms with Crippen LogP contribution >= 0.6 is 0 Å². The van der Waals surface area contributed by atoms with Crippen LogP contribution in [-0.2, 0) is 23.2 Å². The molecule has 1 aromatic carbocycles. The highest BCUT2D eigenvalue weighted by molar-refractivity contribution is 7.86. The van der Waals surface area contributed by atoms with Gasteiger partial charge in [0.05, 0.1) is 6.04 Å². The van der Waals surface area contributed by atoms with Gasteiger partial charge in [-0.3, -0.25) is 0 Å². The van der Waals surface area contributed by atoms with Crippen LogP contribution in [0.5, 0.6) is 0 Å². The summed E-state index contributed by atoms with van der Waals surface area (Å²) < 4.78 is 28.8. The highest BCUT2D eigenvalue weighted by Crippen LogP contribution is 2.24. The number of hydrogen-bond donors (Lipinski definition) is 1. The predicted molar refractivity (Wildman–Crippen MR) is 78.5 cm³/mol. The van der Waals surface area contributed by atoms with Crippen molar-refractivity contribution >= 4 is 10.2 Å². The van der Waals surface area contributed by atoms with Crippen molar-refractivity contribution in [1.82, 2.24) is 13.9 Å². The molecular formula is C14H21N3O2S. The lowest BCUT2D eigenvalue weighted by Gasteiger charge is -2.40. The first-order valence-electron chi connectivity index (χ1n) is 7.17. The quantitative estimate of drug-likeness (QED) is 0.884. The van der Waals surface area contributed by atoms with Crippen LogP contribution in [0.2, 0.25) is 0 Å². The summed E-state index contributed by atoms with van der Waals surface area (Å²) in [6.45, 7) is 5.04. The first-order chi connectivity index (χ1) is 9.63. The molecule has 0 amide bonds. The summed E-state index contributed by atoms with van der Waals surface area (Å²) in [6, 6.07) is 8.22. The van der Waals surface area contributed by atoms with E-state index in [2.05, 4.69) is 11.4 Å². The Morgan fingerprint density at radius 1 is 1.30 bits per heavy atom. The van der Waals surface area contributed by atoms with Crippen molar-refractivity contribution in [1.29, 1.82) is 0 Å². The van der Waals surface area contributed by atoms with E-state index in [9.17, 15) is 8.42 Å². The van der Waals surface area contributed by atoms with E-state index in [1.54, 1.807) is 8.61 Å². The van der Waals surface area contributed by atoms with Gasteiger partial charge in [0, 0.05) is 32.7 Å². The van der Waals surface area contributed by atoms with E-state index >= 15 is 0 Å². The van der Waals surface area contributed by atoms with Gasteiger partial charge in [0.15, 0.2) is 0 Å². The second-order valence-corrected chi connectivity index (χ2v) is 7.26. The third-order valence-corrected chi connectivity index (χ3v) is 6.31. The van der Waals surface area contributed by atoms with Gasteiger partial charge in [0.25, 0.3) is 10.2 Å². The summed E-state index contributed by atoms with van der Waals surface area (Å²) in [5, 5.41) is 3.14. The van der Waals surface area contributed by atoms with Crippen LogP contribution < -0.4 is 5.32 Å².